The molecule has 4 aliphatic rings. The van der Waals surface area contributed by atoms with Crippen molar-refractivity contribution in [3.8, 4) is 0 Å². The van der Waals surface area contributed by atoms with Gasteiger partial charge in [0.15, 0.2) is 0 Å². The summed E-state index contributed by atoms with van der Waals surface area (Å²) in [4.78, 5) is 15.5. The topological polar surface area (TPSA) is 84.4 Å². The Hall–Kier alpha value is -1.43. The van der Waals surface area contributed by atoms with Gasteiger partial charge in [-0.1, -0.05) is 63.9 Å². The van der Waals surface area contributed by atoms with Crippen molar-refractivity contribution in [2.75, 3.05) is 20.1 Å². The molecule has 0 spiro atoms. The minimum atomic E-state index is 0.107. The maximum atomic E-state index is 13.1. The van der Waals surface area contributed by atoms with Crippen LogP contribution >= 0.6 is 0 Å². The van der Waals surface area contributed by atoms with E-state index >= 15 is 0 Å². The zero-order valence-electron chi connectivity index (χ0n) is 25.9. The SMILES string of the molecule is C[C@H](CCCN(C)Cc1ccccc1)C1CC[C@H]2C3[C@H](N)CC4CCCCC4(C)[C@H]3CC(NC(=O)CCN)C12C. The summed E-state index contributed by atoms with van der Waals surface area (Å²) in [6, 6.07) is 11.3. The zero-order valence-corrected chi connectivity index (χ0v) is 25.9. The first-order chi connectivity index (χ1) is 19.2. The van der Waals surface area contributed by atoms with Gasteiger partial charge in [0.2, 0.25) is 5.91 Å². The van der Waals surface area contributed by atoms with Crippen LogP contribution in [-0.2, 0) is 11.3 Å². The van der Waals surface area contributed by atoms with Crippen LogP contribution in [-0.4, -0.2) is 43.0 Å². The molecule has 5 N–H and O–H groups in total. The number of nitrogens with zero attached hydrogens (tertiary/aromatic N) is 1. The van der Waals surface area contributed by atoms with Crippen molar-refractivity contribution >= 4 is 5.91 Å². The Balaban J connectivity index is 1.32. The van der Waals surface area contributed by atoms with Crippen molar-refractivity contribution in [3.63, 3.8) is 0 Å². The van der Waals surface area contributed by atoms with Gasteiger partial charge in [-0.25, -0.2) is 0 Å². The molecule has 6 unspecified atom stereocenters. The van der Waals surface area contributed by atoms with Gasteiger partial charge in [0.1, 0.15) is 0 Å². The molecule has 4 fully saturated rings. The molecule has 0 bridgehead atoms. The summed E-state index contributed by atoms with van der Waals surface area (Å²) in [5.74, 6) is 4.01. The highest BCUT2D eigenvalue weighted by Crippen LogP contribution is 2.68. The standard InChI is InChI=1S/C35H58N4O/c1-24(11-10-20-39(4)23-25-12-6-5-7-13-25)27-15-16-28-33-29(22-31(35(27,28)3)38-32(40)17-19-36)34(2)18-9-8-14-26(34)21-30(33)37/h5-7,12-13,24,26-31,33H,8-11,14-23,36-37H2,1-4H3,(H,38,40)/t24-,26?,27?,28+,29+,30-,31?,33?,34?,35?/m1/s1. The molecule has 10 atom stereocenters. The van der Waals surface area contributed by atoms with Crippen molar-refractivity contribution in [2.45, 2.75) is 110 Å². The molecule has 1 amide bonds. The van der Waals surface area contributed by atoms with Gasteiger partial charge in [0, 0.05) is 31.6 Å². The van der Waals surface area contributed by atoms with Crippen LogP contribution in [0.5, 0.6) is 0 Å². The van der Waals surface area contributed by atoms with Crippen molar-refractivity contribution in [1.82, 2.24) is 10.2 Å². The molecule has 1 aromatic carbocycles. The maximum Gasteiger partial charge on any atom is 0.221 e. The van der Waals surface area contributed by atoms with E-state index in [1.54, 1.807) is 0 Å². The average Bonchev–Trinajstić information content (AvgIpc) is 3.28. The number of nitrogens with two attached hydrogens (primary N) is 2. The Kier molecular flexibility index (Phi) is 9.34. The van der Waals surface area contributed by atoms with E-state index in [-0.39, 0.29) is 17.4 Å². The van der Waals surface area contributed by atoms with Crippen LogP contribution in [0.4, 0.5) is 0 Å². The molecule has 224 valence electrons. The first-order valence-electron chi connectivity index (χ1n) is 16.7. The normalized spacial score (nSPS) is 39.7. The van der Waals surface area contributed by atoms with E-state index in [1.165, 1.54) is 63.4 Å². The molecular weight excluding hydrogens is 492 g/mol. The number of nitrogens with one attached hydrogen (secondary N) is 1. The van der Waals surface area contributed by atoms with Gasteiger partial charge in [-0.3, -0.25) is 4.79 Å². The summed E-state index contributed by atoms with van der Waals surface area (Å²) in [6.45, 7) is 10.2. The third-order valence-corrected chi connectivity index (χ3v) is 12.8. The van der Waals surface area contributed by atoms with Crippen LogP contribution in [0.15, 0.2) is 30.3 Å². The molecule has 40 heavy (non-hydrogen) atoms. The fourth-order valence-electron chi connectivity index (χ4n) is 10.8. The molecule has 5 rings (SSSR count). The van der Waals surface area contributed by atoms with Gasteiger partial charge in [-0.2, -0.15) is 0 Å². The molecule has 4 aliphatic carbocycles. The summed E-state index contributed by atoms with van der Waals surface area (Å²) in [7, 11) is 2.25. The van der Waals surface area contributed by atoms with E-state index in [0.29, 0.717) is 54.0 Å². The predicted molar refractivity (Wildman–Crippen MR) is 165 cm³/mol. The number of carbonyl (C=O) groups excluding carboxylic acids is 1. The highest BCUT2D eigenvalue weighted by molar-refractivity contribution is 5.76. The fraction of sp³-hybridized carbons (Fsp3) is 0.800. The average molecular weight is 551 g/mol. The van der Waals surface area contributed by atoms with E-state index in [2.05, 4.69) is 68.4 Å². The Morgan fingerprint density at radius 1 is 1.10 bits per heavy atom. The molecule has 0 aromatic heterocycles. The summed E-state index contributed by atoms with van der Waals surface area (Å²) in [5, 5.41) is 3.61. The largest absolute Gasteiger partial charge is 0.353 e. The van der Waals surface area contributed by atoms with Crippen molar-refractivity contribution < 1.29 is 4.79 Å². The first-order valence-corrected chi connectivity index (χ1v) is 16.7. The van der Waals surface area contributed by atoms with E-state index in [9.17, 15) is 4.79 Å². The molecule has 0 heterocycles. The van der Waals surface area contributed by atoms with Gasteiger partial charge in [0.05, 0.1) is 0 Å². The van der Waals surface area contributed by atoms with Gasteiger partial charge < -0.3 is 21.7 Å². The fourth-order valence-corrected chi connectivity index (χ4v) is 10.8. The summed E-state index contributed by atoms with van der Waals surface area (Å²) in [5.41, 5.74) is 14.9. The second kappa shape index (κ2) is 12.4. The minimum absolute atomic E-state index is 0.107. The molecule has 0 saturated heterocycles. The van der Waals surface area contributed by atoms with Crippen molar-refractivity contribution in [3.05, 3.63) is 35.9 Å². The van der Waals surface area contributed by atoms with Gasteiger partial charge >= 0.3 is 0 Å². The lowest BCUT2D eigenvalue weighted by atomic mass is 9.42. The predicted octanol–water partition coefficient (Wildman–Crippen LogP) is 5.96. The second-order valence-electron chi connectivity index (χ2n) is 14.9. The quantitative estimate of drug-likeness (QED) is 0.335. The Bertz CT molecular complexity index is 985. The lowest BCUT2D eigenvalue weighted by Crippen LogP contribution is -2.66. The first kappa shape index (κ1) is 30.0. The molecule has 4 saturated carbocycles. The van der Waals surface area contributed by atoms with Crippen LogP contribution in [0, 0.1) is 46.3 Å². The number of amides is 1. The summed E-state index contributed by atoms with van der Waals surface area (Å²) in [6.07, 6.45) is 13.2. The molecule has 5 nitrogen and oxygen atoms in total. The smallest absolute Gasteiger partial charge is 0.221 e. The van der Waals surface area contributed by atoms with Crippen LogP contribution in [0.25, 0.3) is 0 Å². The molecule has 0 aliphatic heterocycles. The number of hydrogen-bond acceptors (Lipinski definition) is 4. The highest BCUT2D eigenvalue weighted by atomic mass is 16.1. The number of fused-ring (bicyclic) bond motifs is 5. The van der Waals surface area contributed by atoms with Gasteiger partial charge in [0.25, 0.3) is 0 Å². The van der Waals surface area contributed by atoms with Gasteiger partial charge in [-0.05, 0) is 117 Å². The number of hydrogen-bond donors (Lipinski definition) is 3. The number of benzene rings is 1. The third-order valence-electron chi connectivity index (χ3n) is 12.8. The maximum absolute atomic E-state index is 13.1. The summed E-state index contributed by atoms with van der Waals surface area (Å²) >= 11 is 0. The minimum Gasteiger partial charge on any atom is -0.353 e. The number of carbonyl (C=O) groups is 1. The van der Waals surface area contributed by atoms with Crippen LogP contribution in [0.1, 0.15) is 97.0 Å². The lowest BCUT2D eigenvalue weighted by Gasteiger charge is -2.64. The van der Waals surface area contributed by atoms with E-state index in [1.807, 2.05) is 0 Å². The second-order valence-corrected chi connectivity index (χ2v) is 14.9. The van der Waals surface area contributed by atoms with Crippen molar-refractivity contribution in [1.29, 1.82) is 0 Å². The lowest BCUT2D eigenvalue weighted by molar-refractivity contribution is -0.144. The molecule has 0 radical (unpaired) electrons. The van der Waals surface area contributed by atoms with E-state index in [0.717, 1.165) is 25.4 Å². The summed E-state index contributed by atoms with van der Waals surface area (Å²) < 4.78 is 0. The molecule has 1 aromatic rings. The van der Waals surface area contributed by atoms with Crippen LogP contribution in [0.3, 0.4) is 0 Å². The van der Waals surface area contributed by atoms with Crippen LogP contribution in [0.2, 0.25) is 0 Å². The van der Waals surface area contributed by atoms with E-state index < -0.39 is 0 Å². The third kappa shape index (κ3) is 5.64. The van der Waals surface area contributed by atoms with Gasteiger partial charge in [-0.15, -0.1) is 0 Å². The Morgan fingerprint density at radius 3 is 2.62 bits per heavy atom. The van der Waals surface area contributed by atoms with Crippen molar-refractivity contribution in [2.24, 2.45) is 57.8 Å². The number of rotatable bonds is 10. The Labute approximate surface area is 244 Å². The van der Waals surface area contributed by atoms with Crippen LogP contribution < -0.4 is 16.8 Å². The monoisotopic (exact) mass is 550 g/mol. The zero-order chi connectivity index (χ0) is 28.5. The molecule has 5 heteroatoms. The Morgan fingerprint density at radius 2 is 1.88 bits per heavy atom. The molecular formula is C35H58N4O. The van der Waals surface area contributed by atoms with E-state index in [4.69, 9.17) is 11.5 Å². The highest BCUT2D eigenvalue weighted by Gasteiger charge is 2.65.